The van der Waals surface area contributed by atoms with E-state index < -0.39 is 6.04 Å². The van der Waals surface area contributed by atoms with Crippen molar-refractivity contribution in [3.8, 4) is 0 Å². The van der Waals surface area contributed by atoms with Gasteiger partial charge in [0.05, 0.1) is 0 Å². The Kier molecular flexibility index (Phi) is 7.20. The van der Waals surface area contributed by atoms with Crippen molar-refractivity contribution < 1.29 is 9.59 Å². The molecule has 6 heteroatoms. The van der Waals surface area contributed by atoms with Crippen molar-refractivity contribution in [1.29, 1.82) is 0 Å². The van der Waals surface area contributed by atoms with Crippen LogP contribution in [0.5, 0.6) is 0 Å². The van der Waals surface area contributed by atoms with Gasteiger partial charge in [0.2, 0.25) is 5.91 Å². The van der Waals surface area contributed by atoms with Crippen LogP contribution in [0.15, 0.2) is 54.7 Å². The number of H-pyrrole nitrogens is 1. The SMILES string of the molecule is CSCCC(NC(=O)c1cccc(C)c1)C(=O)N1CCC(c2c[nH]c3ccccc23)CC1. The Morgan fingerprint density at radius 2 is 1.94 bits per heavy atom. The summed E-state index contributed by atoms with van der Waals surface area (Å²) in [6, 6.07) is 15.4. The third-order valence-corrected chi connectivity index (χ3v) is 7.01. The fourth-order valence-electron chi connectivity index (χ4n) is 4.58. The minimum atomic E-state index is -0.486. The van der Waals surface area contributed by atoms with Crippen molar-refractivity contribution in [1.82, 2.24) is 15.2 Å². The molecular weight excluding hydrogens is 418 g/mol. The maximum Gasteiger partial charge on any atom is 0.251 e. The Labute approximate surface area is 194 Å². The molecular formula is C26H31N3O2S. The van der Waals surface area contributed by atoms with Crippen molar-refractivity contribution in [3.63, 3.8) is 0 Å². The number of thioether (sulfide) groups is 1. The van der Waals surface area contributed by atoms with E-state index in [1.807, 2.05) is 42.3 Å². The summed E-state index contributed by atoms with van der Waals surface area (Å²) in [5.41, 5.74) is 4.14. The first-order valence-electron chi connectivity index (χ1n) is 11.3. The number of hydrogen-bond donors (Lipinski definition) is 2. The molecule has 5 nitrogen and oxygen atoms in total. The highest BCUT2D eigenvalue weighted by Gasteiger charge is 2.30. The lowest BCUT2D eigenvalue weighted by atomic mass is 9.89. The van der Waals surface area contributed by atoms with E-state index in [1.165, 1.54) is 10.9 Å². The van der Waals surface area contributed by atoms with Crippen LogP contribution in [0, 0.1) is 6.92 Å². The minimum absolute atomic E-state index is 0.0393. The van der Waals surface area contributed by atoms with E-state index in [0.717, 1.165) is 42.8 Å². The Bertz CT molecular complexity index is 1090. The van der Waals surface area contributed by atoms with Gasteiger partial charge in [-0.15, -0.1) is 0 Å². The largest absolute Gasteiger partial charge is 0.361 e. The number of para-hydroxylation sites is 1. The van der Waals surface area contributed by atoms with Gasteiger partial charge in [0, 0.05) is 35.8 Å². The third kappa shape index (κ3) is 5.01. The molecule has 2 amide bonds. The zero-order valence-corrected chi connectivity index (χ0v) is 19.6. The molecule has 0 bridgehead atoms. The number of rotatable bonds is 7. The maximum absolute atomic E-state index is 13.3. The van der Waals surface area contributed by atoms with Crippen LogP contribution in [0.25, 0.3) is 10.9 Å². The van der Waals surface area contributed by atoms with Gasteiger partial charge in [-0.25, -0.2) is 0 Å². The first-order chi connectivity index (χ1) is 15.6. The molecule has 32 heavy (non-hydrogen) atoms. The predicted octanol–water partition coefficient (Wildman–Crippen LogP) is 4.73. The quantitative estimate of drug-likeness (QED) is 0.548. The molecule has 2 N–H and O–H groups in total. The summed E-state index contributed by atoms with van der Waals surface area (Å²) in [5.74, 6) is 1.14. The van der Waals surface area contributed by atoms with Crippen LogP contribution in [0.2, 0.25) is 0 Å². The second-order valence-corrected chi connectivity index (χ2v) is 9.55. The zero-order valence-electron chi connectivity index (χ0n) is 18.8. The number of aromatic nitrogens is 1. The van der Waals surface area contributed by atoms with E-state index in [-0.39, 0.29) is 11.8 Å². The van der Waals surface area contributed by atoms with Gasteiger partial charge in [0.1, 0.15) is 6.04 Å². The molecule has 4 rings (SSSR count). The zero-order chi connectivity index (χ0) is 22.5. The molecule has 1 unspecified atom stereocenters. The number of nitrogens with one attached hydrogen (secondary N) is 2. The number of likely N-dealkylation sites (tertiary alicyclic amines) is 1. The first kappa shape index (κ1) is 22.5. The summed E-state index contributed by atoms with van der Waals surface area (Å²) in [6.45, 7) is 3.41. The Morgan fingerprint density at radius 1 is 1.16 bits per heavy atom. The number of carbonyl (C=O) groups excluding carboxylic acids is 2. The number of piperidine rings is 1. The van der Waals surface area contributed by atoms with Crippen LogP contribution >= 0.6 is 11.8 Å². The molecule has 1 saturated heterocycles. The van der Waals surface area contributed by atoms with Crippen molar-refractivity contribution in [2.24, 2.45) is 0 Å². The summed E-state index contributed by atoms with van der Waals surface area (Å²) < 4.78 is 0. The van der Waals surface area contributed by atoms with Crippen molar-refractivity contribution in [2.75, 3.05) is 25.1 Å². The number of aryl methyl sites for hydroxylation is 1. The molecule has 2 heterocycles. The number of hydrogen-bond acceptors (Lipinski definition) is 3. The fourth-order valence-corrected chi connectivity index (χ4v) is 5.06. The lowest BCUT2D eigenvalue weighted by molar-refractivity contribution is -0.134. The van der Waals surface area contributed by atoms with Crippen LogP contribution in [0.1, 0.15) is 46.7 Å². The molecule has 1 aromatic heterocycles. The minimum Gasteiger partial charge on any atom is -0.361 e. The highest BCUT2D eigenvalue weighted by atomic mass is 32.2. The van der Waals surface area contributed by atoms with Gasteiger partial charge in [-0.3, -0.25) is 9.59 Å². The average molecular weight is 450 g/mol. The summed E-state index contributed by atoms with van der Waals surface area (Å²) in [6.07, 6.45) is 6.66. The van der Waals surface area contributed by atoms with Gasteiger partial charge < -0.3 is 15.2 Å². The first-order valence-corrected chi connectivity index (χ1v) is 12.7. The fraction of sp³-hybridized carbons (Fsp3) is 0.385. The van der Waals surface area contributed by atoms with Crippen molar-refractivity contribution in [3.05, 3.63) is 71.4 Å². The van der Waals surface area contributed by atoms with Gasteiger partial charge in [-0.2, -0.15) is 11.8 Å². The smallest absolute Gasteiger partial charge is 0.251 e. The van der Waals surface area contributed by atoms with Crippen LogP contribution in [0.4, 0.5) is 0 Å². The lowest BCUT2D eigenvalue weighted by Crippen LogP contribution is -2.50. The molecule has 3 aromatic rings. The summed E-state index contributed by atoms with van der Waals surface area (Å²) in [7, 11) is 0. The van der Waals surface area contributed by atoms with Crippen LogP contribution in [-0.2, 0) is 4.79 Å². The molecule has 0 saturated carbocycles. The van der Waals surface area contributed by atoms with Crippen LogP contribution < -0.4 is 5.32 Å². The number of carbonyl (C=O) groups is 2. The van der Waals surface area contributed by atoms with E-state index in [1.54, 1.807) is 17.8 Å². The monoisotopic (exact) mass is 449 g/mol. The average Bonchev–Trinajstić information content (AvgIpc) is 3.25. The molecule has 0 radical (unpaired) electrons. The molecule has 1 fully saturated rings. The van der Waals surface area contributed by atoms with Crippen molar-refractivity contribution >= 4 is 34.5 Å². The van der Waals surface area contributed by atoms with Crippen molar-refractivity contribution in [2.45, 2.75) is 38.1 Å². The lowest BCUT2D eigenvalue weighted by Gasteiger charge is -2.34. The van der Waals surface area contributed by atoms with Gasteiger partial charge in [-0.05, 0) is 67.9 Å². The number of amides is 2. The summed E-state index contributed by atoms with van der Waals surface area (Å²) >= 11 is 1.69. The highest BCUT2D eigenvalue weighted by Crippen LogP contribution is 2.33. The Hall–Kier alpha value is -2.73. The molecule has 2 aromatic carbocycles. The maximum atomic E-state index is 13.3. The number of aromatic amines is 1. The van der Waals surface area contributed by atoms with Crippen LogP contribution in [0.3, 0.4) is 0 Å². The Balaban J connectivity index is 1.41. The normalized spacial score (nSPS) is 15.6. The second-order valence-electron chi connectivity index (χ2n) is 8.57. The van der Waals surface area contributed by atoms with E-state index in [4.69, 9.17) is 0 Å². The molecule has 1 aliphatic rings. The van der Waals surface area contributed by atoms with E-state index in [9.17, 15) is 9.59 Å². The molecule has 1 aliphatic heterocycles. The predicted molar refractivity (Wildman–Crippen MR) is 132 cm³/mol. The third-order valence-electron chi connectivity index (χ3n) is 6.36. The molecule has 0 spiro atoms. The van der Waals surface area contributed by atoms with E-state index in [0.29, 0.717) is 17.9 Å². The second kappa shape index (κ2) is 10.3. The van der Waals surface area contributed by atoms with Gasteiger partial charge in [0.25, 0.3) is 5.91 Å². The highest BCUT2D eigenvalue weighted by molar-refractivity contribution is 7.98. The number of fused-ring (bicyclic) bond motifs is 1. The topological polar surface area (TPSA) is 65.2 Å². The molecule has 1 atom stereocenters. The Morgan fingerprint density at radius 3 is 2.69 bits per heavy atom. The van der Waals surface area contributed by atoms with Gasteiger partial charge >= 0.3 is 0 Å². The number of nitrogens with zero attached hydrogens (tertiary/aromatic N) is 1. The molecule has 0 aliphatic carbocycles. The van der Waals surface area contributed by atoms with E-state index >= 15 is 0 Å². The summed E-state index contributed by atoms with van der Waals surface area (Å²) in [5, 5.41) is 4.29. The van der Waals surface area contributed by atoms with Crippen LogP contribution in [-0.4, -0.2) is 52.8 Å². The van der Waals surface area contributed by atoms with Gasteiger partial charge in [-0.1, -0.05) is 35.9 Å². The summed E-state index contributed by atoms with van der Waals surface area (Å²) in [4.78, 5) is 31.4. The standard InChI is InChI=1S/C26H31N3O2S/c1-18-6-5-7-20(16-18)25(30)28-24(12-15-32-2)26(31)29-13-10-19(11-14-29)22-17-27-23-9-4-3-8-21(22)23/h3-9,16-17,19,24,27H,10-15H2,1-2H3,(H,28,30). The number of benzene rings is 2. The van der Waals surface area contributed by atoms with Gasteiger partial charge in [0.15, 0.2) is 0 Å². The van der Waals surface area contributed by atoms with E-state index in [2.05, 4.69) is 34.7 Å². The molecule has 168 valence electrons.